The van der Waals surface area contributed by atoms with Crippen LogP contribution in [-0.4, -0.2) is 40.8 Å². The molecule has 0 saturated carbocycles. The van der Waals surface area contributed by atoms with E-state index in [9.17, 15) is 12.8 Å². The van der Waals surface area contributed by atoms with E-state index in [1.54, 1.807) is 19.3 Å². The van der Waals surface area contributed by atoms with Gasteiger partial charge in [-0.2, -0.15) is 4.31 Å². The standard InChI is InChI=1S/C22H24FN5O2S/c1-14-8-19(5-6-20(14)23)31(29,30)28-7-3-4-16(13-28)21-10-17(9-15(2)27-21)18-11-25-22(24)26-12-18/h5-6,8-12,16H,3-4,7,13H2,1-2H3,(H2,24,25,26)/t16-/m1/s1. The van der Waals surface area contributed by atoms with E-state index in [-0.39, 0.29) is 16.8 Å². The second kappa shape index (κ2) is 8.32. The molecule has 0 aliphatic carbocycles. The van der Waals surface area contributed by atoms with Gasteiger partial charge < -0.3 is 5.73 Å². The number of piperidine rings is 1. The molecule has 1 saturated heterocycles. The normalized spacial score (nSPS) is 17.6. The van der Waals surface area contributed by atoms with Crippen LogP contribution in [0, 0.1) is 19.7 Å². The molecule has 162 valence electrons. The third-order valence-corrected chi connectivity index (χ3v) is 7.41. The van der Waals surface area contributed by atoms with Crippen molar-refractivity contribution < 1.29 is 12.8 Å². The van der Waals surface area contributed by atoms with Crippen molar-refractivity contribution in [2.75, 3.05) is 18.8 Å². The van der Waals surface area contributed by atoms with E-state index in [0.717, 1.165) is 35.4 Å². The Balaban J connectivity index is 1.62. The van der Waals surface area contributed by atoms with Gasteiger partial charge in [-0.05, 0) is 68.1 Å². The number of sulfonamides is 1. The van der Waals surface area contributed by atoms with Crippen LogP contribution in [0.25, 0.3) is 11.1 Å². The van der Waals surface area contributed by atoms with Crippen LogP contribution < -0.4 is 5.73 Å². The fourth-order valence-corrected chi connectivity index (χ4v) is 5.50. The summed E-state index contributed by atoms with van der Waals surface area (Å²) in [5.41, 5.74) is 9.30. The maximum Gasteiger partial charge on any atom is 0.243 e. The molecule has 3 heterocycles. The Morgan fingerprint density at radius 3 is 2.55 bits per heavy atom. The molecule has 1 aliphatic heterocycles. The number of benzene rings is 1. The monoisotopic (exact) mass is 441 g/mol. The molecule has 9 heteroatoms. The summed E-state index contributed by atoms with van der Waals surface area (Å²) >= 11 is 0. The topological polar surface area (TPSA) is 102 Å². The van der Waals surface area contributed by atoms with E-state index < -0.39 is 15.8 Å². The van der Waals surface area contributed by atoms with Crippen LogP contribution in [0.5, 0.6) is 0 Å². The third kappa shape index (κ3) is 4.42. The first kappa shape index (κ1) is 21.3. The van der Waals surface area contributed by atoms with E-state index in [1.165, 1.54) is 22.5 Å². The molecule has 1 aromatic carbocycles. The highest BCUT2D eigenvalue weighted by atomic mass is 32.2. The van der Waals surface area contributed by atoms with Gasteiger partial charge >= 0.3 is 0 Å². The van der Waals surface area contributed by atoms with Crippen molar-refractivity contribution in [2.45, 2.75) is 37.5 Å². The Morgan fingerprint density at radius 2 is 1.84 bits per heavy atom. The Hall–Kier alpha value is -2.91. The average Bonchev–Trinajstić information content (AvgIpc) is 2.75. The second-order valence-electron chi connectivity index (χ2n) is 7.87. The molecule has 0 unspecified atom stereocenters. The minimum absolute atomic E-state index is 0.0431. The first-order valence-electron chi connectivity index (χ1n) is 10.1. The number of nitrogen functional groups attached to an aromatic ring is 1. The van der Waals surface area contributed by atoms with Gasteiger partial charge in [0.05, 0.1) is 4.90 Å². The number of hydrogen-bond acceptors (Lipinski definition) is 6. The van der Waals surface area contributed by atoms with Crippen LogP contribution in [0.3, 0.4) is 0 Å². The van der Waals surface area contributed by atoms with Gasteiger partial charge in [-0.1, -0.05) is 0 Å². The van der Waals surface area contributed by atoms with Crippen molar-refractivity contribution >= 4 is 16.0 Å². The maximum atomic E-state index is 13.6. The lowest BCUT2D eigenvalue weighted by molar-refractivity contribution is 0.312. The number of halogens is 1. The zero-order valence-corrected chi connectivity index (χ0v) is 18.2. The van der Waals surface area contributed by atoms with Crippen LogP contribution in [-0.2, 0) is 10.0 Å². The summed E-state index contributed by atoms with van der Waals surface area (Å²) in [6.45, 7) is 4.23. The predicted molar refractivity (Wildman–Crippen MR) is 116 cm³/mol. The van der Waals surface area contributed by atoms with E-state index in [4.69, 9.17) is 5.73 Å². The van der Waals surface area contributed by atoms with Gasteiger partial charge in [0.25, 0.3) is 0 Å². The van der Waals surface area contributed by atoms with Crippen LogP contribution in [0.1, 0.15) is 35.7 Å². The Morgan fingerprint density at radius 1 is 1.10 bits per heavy atom. The van der Waals surface area contributed by atoms with Crippen LogP contribution in [0.4, 0.5) is 10.3 Å². The Bertz CT molecular complexity index is 1220. The van der Waals surface area contributed by atoms with Gasteiger partial charge in [-0.25, -0.2) is 22.8 Å². The van der Waals surface area contributed by atoms with Gasteiger partial charge in [-0.3, -0.25) is 4.98 Å². The van der Waals surface area contributed by atoms with Crippen molar-refractivity contribution in [3.63, 3.8) is 0 Å². The highest BCUT2D eigenvalue weighted by molar-refractivity contribution is 7.89. The predicted octanol–water partition coefficient (Wildman–Crippen LogP) is 3.45. The second-order valence-corrected chi connectivity index (χ2v) is 9.80. The van der Waals surface area contributed by atoms with E-state index in [0.29, 0.717) is 18.7 Å². The first-order valence-corrected chi connectivity index (χ1v) is 11.5. The molecule has 0 amide bonds. The minimum atomic E-state index is -3.71. The lowest BCUT2D eigenvalue weighted by Crippen LogP contribution is -2.39. The fourth-order valence-electron chi connectivity index (χ4n) is 3.89. The molecule has 2 N–H and O–H groups in total. The largest absolute Gasteiger partial charge is 0.368 e. The van der Waals surface area contributed by atoms with Gasteiger partial charge in [0.2, 0.25) is 16.0 Å². The number of rotatable bonds is 4. The zero-order valence-electron chi connectivity index (χ0n) is 17.4. The summed E-state index contributed by atoms with van der Waals surface area (Å²) < 4.78 is 41.4. The summed E-state index contributed by atoms with van der Waals surface area (Å²) in [5.74, 6) is -0.254. The summed E-state index contributed by atoms with van der Waals surface area (Å²) in [4.78, 5) is 12.9. The van der Waals surface area contributed by atoms with E-state index >= 15 is 0 Å². The van der Waals surface area contributed by atoms with Crippen molar-refractivity contribution in [3.8, 4) is 11.1 Å². The fraction of sp³-hybridized carbons (Fsp3) is 0.318. The molecule has 0 radical (unpaired) electrons. The van der Waals surface area contributed by atoms with Crippen LogP contribution >= 0.6 is 0 Å². The summed E-state index contributed by atoms with van der Waals surface area (Å²) in [5, 5.41) is 0. The van der Waals surface area contributed by atoms with Crippen molar-refractivity contribution in [2.24, 2.45) is 0 Å². The average molecular weight is 442 g/mol. The maximum absolute atomic E-state index is 13.6. The van der Waals surface area contributed by atoms with Crippen LogP contribution in [0.2, 0.25) is 0 Å². The molecule has 3 aromatic rings. The number of hydrogen-bond donors (Lipinski definition) is 1. The SMILES string of the molecule is Cc1cc(-c2cnc(N)nc2)cc([C@@H]2CCCN(S(=O)(=O)c3ccc(F)c(C)c3)C2)n1. The summed E-state index contributed by atoms with van der Waals surface area (Å²) in [6.07, 6.45) is 4.88. The van der Waals surface area contributed by atoms with Crippen molar-refractivity contribution in [1.82, 2.24) is 19.3 Å². The highest BCUT2D eigenvalue weighted by Crippen LogP contribution is 2.32. The first-order chi connectivity index (χ1) is 14.7. The molecule has 1 atom stereocenters. The number of pyridine rings is 1. The number of anilines is 1. The molecular weight excluding hydrogens is 417 g/mol. The molecule has 4 rings (SSSR count). The quantitative estimate of drug-likeness (QED) is 0.665. The van der Waals surface area contributed by atoms with Crippen molar-refractivity contribution in [3.05, 3.63) is 65.5 Å². The molecule has 31 heavy (non-hydrogen) atoms. The van der Waals surface area contributed by atoms with E-state index in [1.807, 2.05) is 19.1 Å². The molecule has 0 bridgehead atoms. The molecule has 2 aromatic heterocycles. The van der Waals surface area contributed by atoms with Crippen molar-refractivity contribution in [1.29, 1.82) is 0 Å². The third-order valence-electron chi connectivity index (χ3n) is 5.55. The summed E-state index contributed by atoms with van der Waals surface area (Å²) in [7, 11) is -3.71. The van der Waals surface area contributed by atoms with Gasteiger partial charge in [0.15, 0.2) is 0 Å². The molecule has 0 spiro atoms. The Kier molecular flexibility index (Phi) is 5.72. The number of aryl methyl sites for hydroxylation is 2. The zero-order chi connectivity index (χ0) is 22.2. The highest BCUT2D eigenvalue weighted by Gasteiger charge is 2.32. The van der Waals surface area contributed by atoms with Gasteiger partial charge in [0.1, 0.15) is 5.82 Å². The number of aromatic nitrogens is 3. The minimum Gasteiger partial charge on any atom is -0.368 e. The van der Waals surface area contributed by atoms with Gasteiger partial charge in [-0.15, -0.1) is 0 Å². The molecule has 1 fully saturated rings. The number of nitrogens with zero attached hydrogens (tertiary/aromatic N) is 4. The van der Waals surface area contributed by atoms with Crippen LogP contribution in [0.15, 0.2) is 47.6 Å². The number of nitrogens with two attached hydrogens (primary N) is 1. The Labute approximate surface area is 181 Å². The smallest absolute Gasteiger partial charge is 0.243 e. The lowest BCUT2D eigenvalue weighted by atomic mass is 9.93. The van der Waals surface area contributed by atoms with E-state index in [2.05, 4.69) is 15.0 Å². The molecule has 1 aliphatic rings. The molecule has 7 nitrogen and oxygen atoms in total. The van der Waals surface area contributed by atoms with Gasteiger partial charge in [0, 0.05) is 48.4 Å². The molecular formula is C22H24FN5O2S. The summed E-state index contributed by atoms with van der Waals surface area (Å²) in [6, 6.07) is 7.82. The lowest BCUT2D eigenvalue weighted by Gasteiger charge is -2.32.